The van der Waals surface area contributed by atoms with Crippen molar-refractivity contribution in [3.8, 4) is 0 Å². The van der Waals surface area contributed by atoms with Crippen molar-refractivity contribution in [2.45, 2.75) is 64.1 Å². The highest BCUT2D eigenvalue weighted by molar-refractivity contribution is 6.21. The molecule has 1 aliphatic carbocycles. The Morgan fingerprint density at radius 2 is 1.63 bits per heavy atom. The van der Waals surface area contributed by atoms with E-state index in [4.69, 9.17) is 0 Å². The molecule has 4 amide bonds. The Morgan fingerprint density at radius 3 is 2.26 bits per heavy atom. The Kier molecular flexibility index (Phi) is 7.58. The van der Waals surface area contributed by atoms with Crippen molar-refractivity contribution in [2.24, 2.45) is 0 Å². The lowest BCUT2D eigenvalue weighted by Gasteiger charge is -2.30. The number of rotatable bonds is 9. The quantitative estimate of drug-likeness (QED) is 0.556. The molecule has 1 aliphatic heterocycles. The smallest absolute Gasteiger partial charge is 0.261 e. The largest absolute Gasteiger partial charge is 0.352 e. The standard InChI is InChI=1S/C27H30FN3O4/c1-18(25(33)29-20-10-3-4-11-20)31(17-19-9-2-7-14-23(19)28)24(32)15-8-16-30-26(34)21-12-5-6-13-22(21)27(30)35/h2,5-7,9,12-14,18,20H,3-4,8,10-11,15-17H2,1H3,(H,29,33)/t18-/m1/s1. The molecule has 0 aromatic heterocycles. The van der Waals surface area contributed by atoms with E-state index in [9.17, 15) is 23.6 Å². The van der Waals surface area contributed by atoms with Crippen molar-refractivity contribution in [1.29, 1.82) is 0 Å². The van der Waals surface area contributed by atoms with Crippen LogP contribution in [-0.4, -0.2) is 52.1 Å². The topological polar surface area (TPSA) is 86.8 Å². The maximum absolute atomic E-state index is 14.4. The zero-order valence-electron chi connectivity index (χ0n) is 19.8. The number of nitrogens with zero attached hydrogens (tertiary/aromatic N) is 2. The number of fused-ring (bicyclic) bond motifs is 1. The fraction of sp³-hybridized carbons (Fsp3) is 0.407. The van der Waals surface area contributed by atoms with Gasteiger partial charge in [0, 0.05) is 31.1 Å². The summed E-state index contributed by atoms with van der Waals surface area (Å²) in [6.45, 7) is 1.69. The molecule has 0 radical (unpaired) electrons. The Balaban J connectivity index is 1.42. The Labute approximate surface area is 204 Å². The first kappa shape index (κ1) is 24.6. The van der Waals surface area contributed by atoms with Crippen LogP contribution in [0.4, 0.5) is 4.39 Å². The third kappa shape index (κ3) is 5.42. The van der Waals surface area contributed by atoms with Crippen molar-refractivity contribution in [3.05, 3.63) is 71.0 Å². The van der Waals surface area contributed by atoms with Gasteiger partial charge in [-0.1, -0.05) is 43.2 Å². The summed E-state index contributed by atoms with van der Waals surface area (Å²) >= 11 is 0. The van der Waals surface area contributed by atoms with Crippen molar-refractivity contribution in [2.75, 3.05) is 6.54 Å². The normalized spacial score (nSPS) is 16.3. The first-order valence-electron chi connectivity index (χ1n) is 12.1. The number of hydrogen-bond donors (Lipinski definition) is 1. The SMILES string of the molecule is C[C@H](C(=O)NC1CCCC1)N(Cc1ccccc1F)C(=O)CCCN1C(=O)c2ccccc2C1=O. The van der Waals surface area contributed by atoms with Crippen molar-refractivity contribution >= 4 is 23.6 Å². The van der Waals surface area contributed by atoms with Gasteiger partial charge in [-0.05, 0) is 44.4 Å². The molecule has 0 bridgehead atoms. The van der Waals surface area contributed by atoms with Crippen LogP contribution in [0.2, 0.25) is 0 Å². The average Bonchev–Trinajstić information content (AvgIpc) is 3.45. The molecule has 0 unspecified atom stereocenters. The summed E-state index contributed by atoms with van der Waals surface area (Å²) in [7, 11) is 0. The molecule has 184 valence electrons. The minimum atomic E-state index is -0.790. The van der Waals surface area contributed by atoms with Gasteiger partial charge >= 0.3 is 0 Å². The van der Waals surface area contributed by atoms with Crippen LogP contribution in [0.15, 0.2) is 48.5 Å². The molecule has 4 rings (SSSR count). The second-order valence-corrected chi connectivity index (χ2v) is 9.19. The van der Waals surface area contributed by atoms with Crippen LogP contribution >= 0.6 is 0 Å². The maximum atomic E-state index is 14.4. The van der Waals surface area contributed by atoms with Gasteiger partial charge in [0.15, 0.2) is 0 Å². The predicted molar refractivity (Wildman–Crippen MR) is 128 cm³/mol. The highest BCUT2D eigenvalue weighted by atomic mass is 19.1. The van der Waals surface area contributed by atoms with E-state index in [1.807, 2.05) is 0 Å². The summed E-state index contributed by atoms with van der Waals surface area (Å²) in [6, 6.07) is 12.1. The van der Waals surface area contributed by atoms with E-state index in [0.717, 1.165) is 30.6 Å². The lowest BCUT2D eigenvalue weighted by atomic mass is 10.1. The van der Waals surface area contributed by atoms with Gasteiger partial charge in [0.05, 0.1) is 11.1 Å². The first-order chi connectivity index (χ1) is 16.9. The number of hydrogen-bond acceptors (Lipinski definition) is 4. The van der Waals surface area contributed by atoms with Gasteiger partial charge in [-0.3, -0.25) is 24.1 Å². The van der Waals surface area contributed by atoms with Gasteiger partial charge < -0.3 is 10.2 Å². The molecule has 1 heterocycles. The van der Waals surface area contributed by atoms with Gasteiger partial charge in [0.2, 0.25) is 11.8 Å². The summed E-state index contributed by atoms with van der Waals surface area (Å²) < 4.78 is 14.4. The molecule has 1 atom stereocenters. The van der Waals surface area contributed by atoms with Gasteiger partial charge in [0.25, 0.3) is 11.8 Å². The van der Waals surface area contributed by atoms with Gasteiger partial charge in [-0.25, -0.2) is 4.39 Å². The molecule has 2 aromatic rings. The van der Waals surface area contributed by atoms with Crippen LogP contribution in [0, 0.1) is 5.82 Å². The molecule has 1 saturated carbocycles. The highest BCUT2D eigenvalue weighted by Crippen LogP contribution is 2.23. The zero-order valence-corrected chi connectivity index (χ0v) is 19.8. The van der Waals surface area contributed by atoms with E-state index in [0.29, 0.717) is 16.7 Å². The van der Waals surface area contributed by atoms with E-state index >= 15 is 0 Å². The van der Waals surface area contributed by atoms with Crippen LogP contribution in [0.5, 0.6) is 0 Å². The van der Waals surface area contributed by atoms with E-state index in [-0.39, 0.29) is 55.6 Å². The number of carbonyl (C=O) groups is 4. The number of imide groups is 1. The molecule has 2 aliphatic rings. The molecular weight excluding hydrogens is 449 g/mol. The Morgan fingerprint density at radius 1 is 1.03 bits per heavy atom. The fourth-order valence-electron chi connectivity index (χ4n) is 4.76. The number of amides is 4. The number of nitrogens with one attached hydrogen (secondary N) is 1. The van der Waals surface area contributed by atoms with Gasteiger partial charge in [-0.2, -0.15) is 0 Å². The molecule has 1 N–H and O–H groups in total. The first-order valence-corrected chi connectivity index (χ1v) is 12.1. The lowest BCUT2D eigenvalue weighted by Crippen LogP contribution is -2.49. The molecule has 8 heteroatoms. The Bertz CT molecular complexity index is 1090. The minimum Gasteiger partial charge on any atom is -0.352 e. The van der Waals surface area contributed by atoms with Crippen molar-refractivity contribution in [3.63, 3.8) is 0 Å². The van der Waals surface area contributed by atoms with E-state index in [2.05, 4.69) is 5.32 Å². The van der Waals surface area contributed by atoms with E-state index < -0.39 is 11.9 Å². The highest BCUT2D eigenvalue weighted by Gasteiger charge is 2.35. The maximum Gasteiger partial charge on any atom is 0.261 e. The number of benzene rings is 2. The molecule has 1 fully saturated rings. The number of halogens is 1. The summed E-state index contributed by atoms with van der Waals surface area (Å²) in [4.78, 5) is 53.8. The second-order valence-electron chi connectivity index (χ2n) is 9.19. The molecular formula is C27H30FN3O4. The third-order valence-electron chi connectivity index (χ3n) is 6.82. The van der Waals surface area contributed by atoms with E-state index in [1.165, 1.54) is 11.0 Å². The van der Waals surface area contributed by atoms with Crippen LogP contribution in [0.25, 0.3) is 0 Å². The third-order valence-corrected chi connectivity index (χ3v) is 6.82. The molecule has 0 spiro atoms. The van der Waals surface area contributed by atoms with Crippen LogP contribution in [0.1, 0.15) is 71.7 Å². The second kappa shape index (κ2) is 10.8. The Hall–Kier alpha value is -3.55. The number of carbonyl (C=O) groups excluding carboxylic acids is 4. The van der Waals surface area contributed by atoms with E-state index in [1.54, 1.807) is 49.4 Å². The van der Waals surface area contributed by atoms with Crippen molar-refractivity contribution in [1.82, 2.24) is 15.1 Å². The molecule has 35 heavy (non-hydrogen) atoms. The monoisotopic (exact) mass is 479 g/mol. The molecule has 2 aromatic carbocycles. The van der Waals surface area contributed by atoms with Crippen molar-refractivity contribution < 1.29 is 23.6 Å². The minimum absolute atomic E-state index is 0.0168. The molecule has 7 nitrogen and oxygen atoms in total. The van der Waals surface area contributed by atoms with Crippen LogP contribution in [0.3, 0.4) is 0 Å². The lowest BCUT2D eigenvalue weighted by molar-refractivity contribution is -0.141. The summed E-state index contributed by atoms with van der Waals surface area (Å²) in [5, 5.41) is 3.01. The van der Waals surface area contributed by atoms with Gasteiger partial charge in [-0.15, -0.1) is 0 Å². The van der Waals surface area contributed by atoms with Crippen LogP contribution in [-0.2, 0) is 16.1 Å². The van der Waals surface area contributed by atoms with Crippen LogP contribution < -0.4 is 5.32 Å². The molecule has 0 saturated heterocycles. The zero-order chi connectivity index (χ0) is 24.9. The summed E-state index contributed by atoms with van der Waals surface area (Å²) in [6.07, 6.45) is 4.22. The summed E-state index contributed by atoms with van der Waals surface area (Å²) in [5.41, 5.74) is 1.05. The fourth-order valence-corrected chi connectivity index (χ4v) is 4.76. The van der Waals surface area contributed by atoms with Gasteiger partial charge in [0.1, 0.15) is 11.9 Å². The average molecular weight is 480 g/mol. The predicted octanol–water partition coefficient (Wildman–Crippen LogP) is 3.68. The summed E-state index contributed by atoms with van der Waals surface area (Å²) in [5.74, 6) is -1.78.